The van der Waals surface area contributed by atoms with Crippen LogP contribution in [0.3, 0.4) is 0 Å². The molecule has 16 heavy (non-hydrogen) atoms. The van der Waals surface area contributed by atoms with Crippen molar-refractivity contribution < 1.29 is 0 Å². The molecule has 0 aromatic rings. The Balaban J connectivity index is 2.11. The van der Waals surface area contributed by atoms with Gasteiger partial charge in [0.15, 0.2) is 0 Å². The molecule has 0 saturated carbocycles. The summed E-state index contributed by atoms with van der Waals surface area (Å²) in [6.07, 6.45) is 8.85. The van der Waals surface area contributed by atoms with Crippen molar-refractivity contribution in [1.82, 2.24) is 4.90 Å². The quantitative estimate of drug-likeness (QED) is 0.698. The Morgan fingerprint density at radius 3 is 3.06 bits per heavy atom. The van der Waals surface area contributed by atoms with Crippen molar-refractivity contribution in [2.24, 2.45) is 0 Å². The molecule has 0 bridgehead atoms. The van der Waals surface area contributed by atoms with Crippen molar-refractivity contribution in [3.8, 4) is 6.07 Å². The van der Waals surface area contributed by atoms with E-state index in [4.69, 9.17) is 5.26 Å². The fourth-order valence-corrected chi connectivity index (χ4v) is 3.16. The lowest BCUT2D eigenvalue weighted by Gasteiger charge is -2.29. The van der Waals surface area contributed by atoms with E-state index >= 15 is 0 Å². The maximum atomic E-state index is 9.14. The molecule has 1 saturated heterocycles. The van der Waals surface area contributed by atoms with Crippen LogP contribution in [0.2, 0.25) is 0 Å². The molecule has 0 radical (unpaired) electrons. The van der Waals surface area contributed by atoms with Gasteiger partial charge < -0.3 is 4.90 Å². The number of nitriles is 1. The highest BCUT2D eigenvalue weighted by atomic mass is 32.2. The lowest BCUT2D eigenvalue weighted by atomic mass is 10.0. The standard InChI is InChI=1S/C13H18N2S/c14-11-12-5-1-2-6-13(12)15-7-3-4-9-16-10-8-15/h2,6H,1,3-5,7-10H2. The van der Waals surface area contributed by atoms with Crippen LogP contribution in [0.5, 0.6) is 0 Å². The molecule has 3 heteroatoms. The topological polar surface area (TPSA) is 27.0 Å². The van der Waals surface area contributed by atoms with Gasteiger partial charge in [0.2, 0.25) is 0 Å². The zero-order valence-corrected chi connectivity index (χ0v) is 10.4. The van der Waals surface area contributed by atoms with Crippen LogP contribution in [-0.2, 0) is 0 Å². The van der Waals surface area contributed by atoms with E-state index in [0.29, 0.717) is 0 Å². The highest BCUT2D eigenvalue weighted by Crippen LogP contribution is 2.23. The van der Waals surface area contributed by atoms with Crippen LogP contribution in [0.1, 0.15) is 25.7 Å². The lowest BCUT2D eigenvalue weighted by Crippen LogP contribution is -2.29. The summed E-state index contributed by atoms with van der Waals surface area (Å²) in [6.45, 7) is 2.21. The first kappa shape index (κ1) is 11.6. The van der Waals surface area contributed by atoms with Crippen LogP contribution in [-0.4, -0.2) is 29.5 Å². The predicted molar refractivity (Wildman–Crippen MR) is 69.1 cm³/mol. The maximum Gasteiger partial charge on any atom is 0.0968 e. The second kappa shape index (κ2) is 6.00. The van der Waals surface area contributed by atoms with Crippen LogP contribution >= 0.6 is 11.8 Å². The monoisotopic (exact) mass is 234 g/mol. The van der Waals surface area contributed by atoms with Gasteiger partial charge in [-0.15, -0.1) is 0 Å². The molecule has 1 fully saturated rings. The van der Waals surface area contributed by atoms with Crippen LogP contribution in [0, 0.1) is 11.3 Å². The first-order valence-corrected chi connectivity index (χ1v) is 7.20. The summed E-state index contributed by atoms with van der Waals surface area (Å²) in [5.74, 6) is 2.49. The highest BCUT2D eigenvalue weighted by molar-refractivity contribution is 7.99. The lowest BCUT2D eigenvalue weighted by molar-refractivity contribution is 0.361. The minimum absolute atomic E-state index is 0.923. The summed E-state index contributed by atoms with van der Waals surface area (Å²) in [4.78, 5) is 2.40. The van der Waals surface area contributed by atoms with E-state index in [2.05, 4.69) is 23.1 Å². The molecule has 2 aliphatic rings. The van der Waals surface area contributed by atoms with Crippen LogP contribution in [0.4, 0.5) is 0 Å². The van der Waals surface area contributed by atoms with E-state index < -0.39 is 0 Å². The molecular weight excluding hydrogens is 216 g/mol. The van der Waals surface area contributed by atoms with Crippen molar-refractivity contribution in [1.29, 1.82) is 5.26 Å². The smallest absolute Gasteiger partial charge is 0.0968 e. The van der Waals surface area contributed by atoms with Gasteiger partial charge in [-0.25, -0.2) is 0 Å². The van der Waals surface area contributed by atoms with E-state index in [1.54, 1.807) is 0 Å². The minimum Gasteiger partial charge on any atom is -0.370 e. The Morgan fingerprint density at radius 2 is 2.19 bits per heavy atom. The molecule has 1 heterocycles. The number of allylic oxidation sites excluding steroid dienone is 3. The molecule has 0 aromatic carbocycles. The van der Waals surface area contributed by atoms with Gasteiger partial charge in [0.1, 0.15) is 0 Å². The number of hydrogen-bond acceptors (Lipinski definition) is 3. The third kappa shape index (κ3) is 2.82. The molecule has 1 aliphatic heterocycles. The normalized spacial score (nSPS) is 22.6. The fraction of sp³-hybridized carbons (Fsp3) is 0.615. The predicted octanol–water partition coefficient (Wildman–Crippen LogP) is 2.94. The summed E-state index contributed by atoms with van der Waals surface area (Å²) in [5, 5.41) is 9.14. The SMILES string of the molecule is N#CC1=C(N2CCCCSCC2)C=CCC1. The average molecular weight is 234 g/mol. The van der Waals surface area contributed by atoms with Crippen LogP contribution in [0.15, 0.2) is 23.4 Å². The molecular formula is C13H18N2S. The number of thioether (sulfide) groups is 1. The Morgan fingerprint density at radius 1 is 1.25 bits per heavy atom. The first-order valence-electron chi connectivity index (χ1n) is 6.04. The van der Waals surface area contributed by atoms with Gasteiger partial charge in [-0.2, -0.15) is 17.0 Å². The molecule has 0 amide bonds. The molecule has 2 nitrogen and oxygen atoms in total. The Kier molecular flexibility index (Phi) is 4.35. The van der Waals surface area contributed by atoms with Gasteiger partial charge in [0, 0.05) is 18.8 Å². The molecule has 0 N–H and O–H groups in total. The molecule has 0 spiro atoms. The van der Waals surface area contributed by atoms with E-state index in [1.807, 2.05) is 11.8 Å². The summed E-state index contributed by atoms with van der Waals surface area (Å²) in [5.41, 5.74) is 2.17. The van der Waals surface area contributed by atoms with Crippen molar-refractivity contribution in [3.05, 3.63) is 23.4 Å². The Hall–Kier alpha value is -0.880. The molecule has 1 aliphatic carbocycles. The molecule has 86 valence electrons. The Bertz CT molecular complexity index is 330. The van der Waals surface area contributed by atoms with Gasteiger partial charge in [-0.3, -0.25) is 0 Å². The molecule has 2 rings (SSSR count). The highest BCUT2D eigenvalue weighted by Gasteiger charge is 2.15. The Labute approximate surface area is 102 Å². The second-order valence-corrected chi connectivity index (χ2v) is 5.45. The van der Waals surface area contributed by atoms with Crippen molar-refractivity contribution in [3.63, 3.8) is 0 Å². The summed E-state index contributed by atoms with van der Waals surface area (Å²) in [6, 6.07) is 2.37. The summed E-state index contributed by atoms with van der Waals surface area (Å²) in [7, 11) is 0. The fourth-order valence-electron chi connectivity index (χ4n) is 2.20. The maximum absolute atomic E-state index is 9.14. The number of hydrogen-bond donors (Lipinski definition) is 0. The second-order valence-electron chi connectivity index (χ2n) is 4.22. The minimum atomic E-state index is 0.923. The van der Waals surface area contributed by atoms with Crippen LogP contribution < -0.4 is 0 Å². The summed E-state index contributed by atoms with van der Waals surface area (Å²) >= 11 is 2.03. The molecule has 0 aromatic heterocycles. The summed E-state index contributed by atoms with van der Waals surface area (Å²) < 4.78 is 0. The number of rotatable bonds is 1. The van der Waals surface area contributed by atoms with E-state index in [-0.39, 0.29) is 0 Å². The van der Waals surface area contributed by atoms with Crippen LogP contribution in [0.25, 0.3) is 0 Å². The van der Waals surface area contributed by atoms with E-state index in [1.165, 1.54) is 30.0 Å². The number of nitrogens with zero attached hydrogens (tertiary/aromatic N) is 2. The first-order chi connectivity index (χ1) is 7.92. The van der Waals surface area contributed by atoms with Crippen molar-refractivity contribution in [2.75, 3.05) is 24.6 Å². The molecule has 0 atom stereocenters. The average Bonchev–Trinajstić information content (AvgIpc) is 2.29. The zero-order valence-electron chi connectivity index (χ0n) is 9.61. The largest absolute Gasteiger partial charge is 0.370 e. The van der Waals surface area contributed by atoms with Gasteiger partial charge in [-0.05, 0) is 37.5 Å². The van der Waals surface area contributed by atoms with Gasteiger partial charge >= 0.3 is 0 Å². The third-order valence-electron chi connectivity index (χ3n) is 3.09. The van der Waals surface area contributed by atoms with Crippen molar-refractivity contribution >= 4 is 11.8 Å². The van der Waals surface area contributed by atoms with E-state index in [9.17, 15) is 0 Å². The van der Waals surface area contributed by atoms with E-state index in [0.717, 1.165) is 31.5 Å². The third-order valence-corrected chi connectivity index (χ3v) is 4.14. The zero-order chi connectivity index (χ0) is 11.2. The van der Waals surface area contributed by atoms with Crippen molar-refractivity contribution in [2.45, 2.75) is 25.7 Å². The molecule has 0 unspecified atom stereocenters. The van der Waals surface area contributed by atoms with Gasteiger partial charge in [0.25, 0.3) is 0 Å². The van der Waals surface area contributed by atoms with Gasteiger partial charge in [0.05, 0.1) is 17.3 Å². The van der Waals surface area contributed by atoms with Gasteiger partial charge in [-0.1, -0.05) is 6.08 Å².